The van der Waals surface area contributed by atoms with Crippen LogP contribution in [0.3, 0.4) is 0 Å². The second-order valence-corrected chi connectivity index (χ2v) is 4.36. The molecule has 2 unspecified atom stereocenters. The second kappa shape index (κ2) is 4.97. The van der Waals surface area contributed by atoms with Crippen molar-refractivity contribution in [1.29, 1.82) is 0 Å². The predicted molar refractivity (Wildman–Crippen MR) is 57.7 cm³/mol. The van der Waals surface area contributed by atoms with Crippen LogP contribution in [-0.4, -0.2) is 30.1 Å². The number of rotatable bonds is 4. The minimum atomic E-state index is 0.460. The van der Waals surface area contributed by atoms with Crippen molar-refractivity contribution in [2.24, 2.45) is 5.73 Å². The molecule has 0 radical (unpaired) electrons. The summed E-state index contributed by atoms with van der Waals surface area (Å²) in [5.41, 5.74) is 5.92. The highest BCUT2D eigenvalue weighted by Crippen LogP contribution is 2.24. The molecule has 13 heavy (non-hydrogen) atoms. The van der Waals surface area contributed by atoms with E-state index in [2.05, 4.69) is 25.8 Å². The van der Waals surface area contributed by atoms with Crippen molar-refractivity contribution in [2.75, 3.05) is 7.05 Å². The zero-order valence-electron chi connectivity index (χ0n) is 9.29. The molecule has 1 aliphatic carbocycles. The maximum atomic E-state index is 5.92. The summed E-state index contributed by atoms with van der Waals surface area (Å²) in [4.78, 5) is 2.55. The summed E-state index contributed by atoms with van der Waals surface area (Å²) < 4.78 is 0. The smallest absolute Gasteiger partial charge is 0.0110 e. The highest BCUT2D eigenvalue weighted by Gasteiger charge is 2.27. The molecule has 0 amide bonds. The van der Waals surface area contributed by atoms with Crippen molar-refractivity contribution in [1.82, 2.24) is 4.90 Å². The molecular formula is C11H24N2. The first kappa shape index (κ1) is 11.0. The fourth-order valence-electron chi connectivity index (χ4n) is 2.52. The molecule has 1 fully saturated rings. The third kappa shape index (κ3) is 2.68. The van der Waals surface area contributed by atoms with E-state index < -0.39 is 0 Å². The van der Waals surface area contributed by atoms with Crippen LogP contribution in [-0.2, 0) is 0 Å². The average molecular weight is 184 g/mol. The van der Waals surface area contributed by atoms with Gasteiger partial charge in [0.05, 0.1) is 0 Å². The maximum absolute atomic E-state index is 5.92. The van der Waals surface area contributed by atoms with Crippen molar-refractivity contribution in [3.05, 3.63) is 0 Å². The SMILES string of the molecule is CCC(CC)N(C)C1CCC(N)C1. The zero-order valence-corrected chi connectivity index (χ0v) is 9.29. The summed E-state index contributed by atoms with van der Waals surface area (Å²) in [5, 5.41) is 0. The standard InChI is InChI=1S/C11H24N2/c1-4-10(5-2)13(3)11-7-6-9(12)8-11/h9-11H,4-8,12H2,1-3H3. The Kier molecular flexibility index (Phi) is 4.20. The second-order valence-electron chi connectivity index (χ2n) is 4.36. The van der Waals surface area contributed by atoms with Crippen LogP contribution in [0.25, 0.3) is 0 Å². The predicted octanol–water partition coefficient (Wildman–Crippen LogP) is 1.99. The van der Waals surface area contributed by atoms with Gasteiger partial charge in [0.2, 0.25) is 0 Å². The van der Waals surface area contributed by atoms with E-state index in [0.29, 0.717) is 6.04 Å². The van der Waals surface area contributed by atoms with Gasteiger partial charge in [0.15, 0.2) is 0 Å². The molecule has 0 aromatic carbocycles. The van der Waals surface area contributed by atoms with Gasteiger partial charge in [-0.25, -0.2) is 0 Å². The monoisotopic (exact) mass is 184 g/mol. The Bertz CT molecular complexity index is 143. The highest BCUT2D eigenvalue weighted by molar-refractivity contribution is 4.85. The van der Waals surface area contributed by atoms with Gasteiger partial charge in [0.1, 0.15) is 0 Å². The maximum Gasteiger partial charge on any atom is 0.0110 e. The topological polar surface area (TPSA) is 29.3 Å². The summed E-state index contributed by atoms with van der Waals surface area (Å²) in [6.45, 7) is 4.55. The summed E-state index contributed by atoms with van der Waals surface area (Å²) >= 11 is 0. The molecule has 0 aromatic heterocycles. The van der Waals surface area contributed by atoms with Gasteiger partial charge >= 0.3 is 0 Å². The third-order valence-electron chi connectivity index (χ3n) is 3.54. The van der Waals surface area contributed by atoms with Gasteiger partial charge in [-0.15, -0.1) is 0 Å². The molecule has 78 valence electrons. The molecule has 1 rings (SSSR count). The van der Waals surface area contributed by atoms with E-state index in [9.17, 15) is 0 Å². The third-order valence-corrected chi connectivity index (χ3v) is 3.54. The van der Waals surface area contributed by atoms with Crippen LogP contribution in [0.15, 0.2) is 0 Å². The van der Waals surface area contributed by atoms with Gasteiger partial charge in [0.25, 0.3) is 0 Å². The Hall–Kier alpha value is -0.0800. The van der Waals surface area contributed by atoms with Crippen molar-refractivity contribution < 1.29 is 0 Å². The Morgan fingerprint density at radius 1 is 1.31 bits per heavy atom. The Morgan fingerprint density at radius 2 is 1.92 bits per heavy atom. The molecule has 2 heteroatoms. The lowest BCUT2D eigenvalue weighted by atomic mass is 10.1. The first-order valence-corrected chi connectivity index (χ1v) is 5.66. The molecule has 0 heterocycles. The molecule has 2 atom stereocenters. The lowest BCUT2D eigenvalue weighted by molar-refractivity contribution is 0.164. The van der Waals surface area contributed by atoms with Crippen LogP contribution in [0.1, 0.15) is 46.0 Å². The molecule has 2 nitrogen and oxygen atoms in total. The van der Waals surface area contributed by atoms with Crippen LogP contribution in [0, 0.1) is 0 Å². The minimum Gasteiger partial charge on any atom is -0.328 e. The van der Waals surface area contributed by atoms with Crippen LogP contribution in [0.2, 0.25) is 0 Å². The normalized spacial score (nSPS) is 29.1. The highest BCUT2D eigenvalue weighted by atomic mass is 15.2. The van der Waals surface area contributed by atoms with E-state index in [1.807, 2.05) is 0 Å². The van der Waals surface area contributed by atoms with Crippen molar-refractivity contribution in [3.8, 4) is 0 Å². The van der Waals surface area contributed by atoms with Crippen molar-refractivity contribution in [3.63, 3.8) is 0 Å². The number of nitrogens with zero attached hydrogens (tertiary/aromatic N) is 1. The molecule has 0 bridgehead atoms. The zero-order chi connectivity index (χ0) is 9.84. The average Bonchev–Trinajstić information content (AvgIpc) is 2.54. The summed E-state index contributed by atoms with van der Waals surface area (Å²) in [7, 11) is 2.26. The number of nitrogens with two attached hydrogens (primary N) is 1. The summed E-state index contributed by atoms with van der Waals surface area (Å²) in [6, 6.07) is 1.97. The fourth-order valence-corrected chi connectivity index (χ4v) is 2.52. The Morgan fingerprint density at radius 3 is 2.31 bits per heavy atom. The summed E-state index contributed by atoms with van der Waals surface area (Å²) in [6.07, 6.45) is 6.24. The van der Waals surface area contributed by atoms with E-state index >= 15 is 0 Å². The molecule has 0 aliphatic heterocycles. The van der Waals surface area contributed by atoms with Crippen LogP contribution >= 0.6 is 0 Å². The van der Waals surface area contributed by atoms with Crippen LogP contribution < -0.4 is 5.73 Å². The number of hydrogen-bond donors (Lipinski definition) is 1. The van der Waals surface area contributed by atoms with Gasteiger partial charge < -0.3 is 10.6 Å². The molecule has 0 saturated heterocycles. The molecule has 0 spiro atoms. The van der Waals surface area contributed by atoms with Crippen LogP contribution in [0.5, 0.6) is 0 Å². The quantitative estimate of drug-likeness (QED) is 0.724. The van der Waals surface area contributed by atoms with Gasteiger partial charge in [0, 0.05) is 18.1 Å². The first-order chi connectivity index (χ1) is 6.19. The molecular weight excluding hydrogens is 160 g/mol. The Labute approximate surface area is 82.5 Å². The van der Waals surface area contributed by atoms with Crippen molar-refractivity contribution in [2.45, 2.75) is 64.1 Å². The van der Waals surface area contributed by atoms with Gasteiger partial charge in [-0.2, -0.15) is 0 Å². The molecule has 0 aromatic rings. The number of hydrogen-bond acceptors (Lipinski definition) is 2. The van der Waals surface area contributed by atoms with Crippen LogP contribution in [0.4, 0.5) is 0 Å². The van der Waals surface area contributed by atoms with Gasteiger partial charge in [-0.05, 0) is 39.2 Å². The van der Waals surface area contributed by atoms with E-state index in [1.54, 1.807) is 0 Å². The first-order valence-electron chi connectivity index (χ1n) is 5.66. The molecule has 2 N–H and O–H groups in total. The van der Waals surface area contributed by atoms with E-state index in [0.717, 1.165) is 12.1 Å². The van der Waals surface area contributed by atoms with E-state index in [-0.39, 0.29) is 0 Å². The lowest BCUT2D eigenvalue weighted by Gasteiger charge is -2.31. The van der Waals surface area contributed by atoms with Gasteiger partial charge in [-0.3, -0.25) is 0 Å². The Balaban J connectivity index is 2.41. The largest absolute Gasteiger partial charge is 0.328 e. The molecule has 1 aliphatic rings. The minimum absolute atomic E-state index is 0.460. The lowest BCUT2D eigenvalue weighted by Crippen LogP contribution is -2.38. The summed E-state index contributed by atoms with van der Waals surface area (Å²) in [5.74, 6) is 0. The van der Waals surface area contributed by atoms with E-state index in [1.165, 1.54) is 32.1 Å². The molecule has 1 saturated carbocycles. The van der Waals surface area contributed by atoms with E-state index in [4.69, 9.17) is 5.73 Å². The van der Waals surface area contributed by atoms with Crippen molar-refractivity contribution >= 4 is 0 Å². The fraction of sp³-hybridized carbons (Fsp3) is 1.00. The van der Waals surface area contributed by atoms with Gasteiger partial charge in [-0.1, -0.05) is 13.8 Å².